The lowest BCUT2D eigenvalue weighted by Crippen LogP contribution is -2.36. The zero-order valence-electron chi connectivity index (χ0n) is 14.9. The second-order valence-corrected chi connectivity index (χ2v) is 6.69. The molecule has 4 heteroatoms. The van der Waals surface area contributed by atoms with Crippen molar-refractivity contribution in [2.75, 3.05) is 33.3 Å². The van der Waals surface area contributed by atoms with Gasteiger partial charge in [0.05, 0.1) is 13.2 Å². The minimum atomic E-state index is -0.300. The van der Waals surface area contributed by atoms with Gasteiger partial charge in [0.15, 0.2) is 0 Å². The normalized spacial score (nSPS) is 16.1. The Labute approximate surface area is 150 Å². The molecule has 3 rings (SSSR count). The summed E-state index contributed by atoms with van der Waals surface area (Å²) in [6.07, 6.45) is 2.23. The van der Waals surface area contributed by atoms with Crippen LogP contribution in [0.5, 0.6) is 5.75 Å². The van der Waals surface area contributed by atoms with E-state index in [1.807, 2.05) is 18.2 Å². The minimum Gasteiger partial charge on any atom is -0.496 e. The zero-order chi connectivity index (χ0) is 17.5. The van der Waals surface area contributed by atoms with Crippen LogP contribution in [-0.2, 0) is 6.54 Å². The zero-order valence-corrected chi connectivity index (χ0v) is 14.9. The summed E-state index contributed by atoms with van der Waals surface area (Å²) < 4.78 is 5.43. The molecule has 134 valence electrons. The SMILES string of the molecule is COc1ccccc1-c1ccc(CNCC(O)CN2CCCC2)cc1. The summed E-state index contributed by atoms with van der Waals surface area (Å²) in [6.45, 7) is 4.43. The Bertz CT molecular complexity index is 651. The number of nitrogens with one attached hydrogen (secondary N) is 1. The Morgan fingerprint density at radius 1 is 1.08 bits per heavy atom. The van der Waals surface area contributed by atoms with Crippen LogP contribution in [0.4, 0.5) is 0 Å². The summed E-state index contributed by atoms with van der Waals surface area (Å²) in [6, 6.07) is 16.5. The van der Waals surface area contributed by atoms with E-state index in [4.69, 9.17) is 4.74 Å². The van der Waals surface area contributed by atoms with Crippen molar-refractivity contribution >= 4 is 0 Å². The molecule has 1 aliphatic rings. The average Bonchev–Trinajstić information content (AvgIpc) is 3.15. The number of aliphatic hydroxyl groups is 1. The van der Waals surface area contributed by atoms with Crippen LogP contribution in [-0.4, -0.2) is 49.4 Å². The Morgan fingerprint density at radius 2 is 1.80 bits per heavy atom. The van der Waals surface area contributed by atoms with Gasteiger partial charge in [-0.3, -0.25) is 0 Å². The van der Waals surface area contributed by atoms with Gasteiger partial charge >= 0.3 is 0 Å². The van der Waals surface area contributed by atoms with E-state index in [0.717, 1.165) is 43.1 Å². The first-order chi connectivity index (χ1) is 12.3. The highest BCUT2D eigenvalue weighted by atomic mass is 16.5. The number of benzene rings is 2. The van der Waals surface area contributed by atoms with Gasteiger partial charge in [0.25, 0.3) is 0 Å². The Hall–Kier alpha value is -1.88. The number of likely N-dealkylation sites (tertiary alicyclic amines) is 1. The molecule has 1 atom stereocenters. The second kappa shape index (κ2) is 8.99. The van der Waals surface area contributed by atoms with Gasteiger partial charge in [-0.15, -0.1) is 0 Å². The second-order valence-electron chi connectivity index (χ2n) is 6.69. The van der Waals surface area contributed by atoms with E-state index < -0.39 is 0 Å². The summed E-state index contributed by atoms with van der Waals surface area (Å²) >= 11 is 0. The molecule has 1 heterocycles. The topological polar surface area (TPSA) is 44.7 Å². The Kier molecular flexibility index (Phi) is 6.45. The molecular weight excluding hydrogens is 312 g/mol. The third kappa shape index (κ3) is 5.05. The Morgan fingerprint density at radius 3 is 2.52 bits per heavy atom. The van der Waals surface area contributed by atoms with Crippen LogP contribution in [0.25, 0.3) is 11.1 Å². The number of hydrogen-bond acceptors (Lipinski definition) is 4. The van der Waals surface area contributed by atoms with E-state index in [9.17, 15) is 5.11 Å². The predicted octanol–water partition coefficient (Wildman–Crippen LogP) is 2.91. The van der Waals surface area contributed by atoms with Gasteiger partial charge in [-0.05, 0) is 43.1 Å². The fourth-order valence-corrected chi connectivity index (χ4v) is 3.40. The highest BCUT2D eigenvalue weighted by Gasteiger charge is 2.15. The fraction of sp³-hybridized carbons (Fsp3) is 0.429. The monoisotopic (exact) mass is 340 g/mol. The molecule has 0 aromatic heterocycles. The maximum atomic E-state index is 10.1. The van der Waals surface area contributed by atoms with Crippen LogP contribution in [0.15, 0.2) is 48.5 Å². The Balaban J connectivity index is 1.49. The first-order valence-electron chi connectivity index (χ1n) is 9.10. The maximum Gasteiger partial charge on any atom is 0.126 e. The van der Waals surface area contributed by atoms with Crippen molar-refractivity contribution in [1.82, 2.24) is 10.2 Å². The largest absolute Gasteiger partial charge is 0.496 e. The third-order valence-electron chi connectivity index (χ3n) is 4.75. The van der Waals surface area contributed by atoms with Gasteiger partial charge in [0, 0.05) is 25.2 Å². The van der Waals surface area contributed by atoms with Crippen LogP contribution in [0.1, 0.15) is 18.4 Å². The van der Waals surface area contributed by atoms with Crippen molar-refractivity contribution in [1.29, 1.82) is 0 Å². The van der Waals surface area contributed by atoms with E-state index in [1.165, 1.54) is 18.4 Å². The molecule has 2 N–H and O–H groups in total. The summed E-state index contributed by atoms with van der Waals surface area (Å²) in [5, 5.41) is 13.5. The molecule has 0 bridgehead atoms. The molecule has 2 aromatic rings. The summed E-state index contributed by atoms with van der Waals surface area (Å²) in [7, 11) is 1.70. The summed E-state index contributed by atoms with van der Waals surface area (Å²) in [4.78, 5) is 2.34. The number of ether oxygens (including phenoxy) is 1. The van der Waals surface area contributed by atoms with Gasteiger partial charge in [0.1, 0.15) is 5.75 Å². The molecule has 0 spiro atoms. The van der Waals surface area contributed by atoms with Crippen LogP contribution < -0.4 is 10.1 Å². The molecule has 0 saturated carbocycles. The number of methoxy groups -OCH3 is 1. The number of aliphatic hydroxyl groups excluding tert-OH is 1. The molecular formula is C21H28N2O2. The number of rotatable bonds is 8. The minimum absolute atomic E-state index is 0.300. The molecule has 25 heavy (non-hydrogen) atoms. The maximum absolute atomic E-state index is 10.1. The van der Waals surface area contributed by atoms with Crippen molar-refractivity contribution in [3.8, 4) is 16.9 Å². The van der Waals surface area contributed by atoms with E-state index in [-0.39, 0.29) is 6.10 Å². The van der Waals surface area contributed by atoms with Crippen LogP contribution in [0.2, 0.25) is 0 Å². The summed E-state index contributed by atoms with van der Waals surface area (Å²) in [5.74, 6) is 0.887. The number of nitrogens with zero attached hydrogens (tertiary/aromatic N) is 1. The highest BCUT2D eigenvalue weighted by molar-refractivity contribution is 5.70. The lowest BCUT2D eigenvalue weighted by molar-refractivity contribution is 0.123. The van der Waals surface area contributed by atoms with E-state index in [0.29, 0.717) is 6.54 Å². The molecule has 1 fully saturated rings. The fourth-order valence-electron chi connectivity index (χ4n) is 3.40. The van der Waals surface area contributed by atoms with Crippen molar-refractivity contribution in [2.24, 2.45) is 0 Å². The van der Waals surface area contributed by atoms with Crippen LogP contribution in [0, 0.1) is 0 Å². The number of para-hydroxylation sites is 1. The van der Waals surface area contributed by atoms with Crippen LogP contribution >= 0.6 is 0 Å². The van der Waals surface area contributed by atoms with Gasteiger partial charge in [-0.1, -0.05) is 42.5 Å². The van der Waals surface area contributed by atoms with E-state index >= 15 is 0 Å². The van der Waals surface area contributed by atoms with E-state index in [2.05, 4.69) is 40.5 Å². The first-order valence-corrected chi connectivity index (χ1v) is 9.10. The van der Waals surface area contributed by atoms with Gasteiger partial charge < -0.3 is 20.1 Å². The first kappa shape index (κ1) is 17.9. The standard InChI is InChI=1S/C21H28N2O2/c1-25-21-7-3-2-6-20(21)18-10-8-17(9-11-18)14-22-15-19(24)16-23-12-4-5-13-23/h2-3,6-11,19,22,24H,4-5,12-16H2,1H3. The van der Waals surface area contributed by atoms with Crippen molar-refractivity contribution in [3.05, 3.63) is 54.1 Å². The number of hydrogen-bond donors (Lipinski definition) is 2. The number of β-amino-alcohol motifs (C(OH)–C–C–N with tert-alkyl or cyclic N) is 1. The smallest absolute Gasteiger partial charge is 0.126 e. The average molecular weight is 340 g/mol. The van der Waals surface area contributed by atoms with Gasteiger partial charge in [-0.25, -0.2) is 0 Å². The molecule has 1 saturated heterocycles. The van der Waals surface area contributed by atoms with E-state index in [1.54, 1.807) is 7.11 Å². The predicted molar refractivity (Wildman–Crippen MR) is 102 cm³/mol. The van der Waals surface area contributed by atoms with Crippen molar-refractivity contribution < 1.29 is 9.84 Å². The molecule has 0 aliphatic carbocycles. The lowest BCUT2D eigenvalue weighted by atomic mass is 10.0. The lowest BCUT2D eigenvalue weighted by Gasteiger charge is -2.19. The molecule has 0 amide bonds. The molecule has 1 unspecified atom stereocenters. The van der Waals surface area contributed by atoms with Gasteiger partial charge in [-0.2, -0.15) is 0 Å². The quantitative estimate of drug-likeness (QED) is 0.776. The van der Waals surface area contributed by atoms with Gasteiger partial charge in [0.2, 0.25) is 0 Å². The molecule has 2 aromatic carbocycles. The van der Waals surface area contributed by atoms with Crippen molar-refractivity contribution in [3.63, 3.8) is 0 Å². The molecule has 4 nitrogen and oxygen atoms in total. The summed E-state index contributed by atoms with van der Waals surface area (Å²) in [5.41, 5.74) is 3.47. The highest BCUT2D eigenvalue weighted by Crippen LogP contribution is 2.29. The van der Waals surface area contributed by atoms with Crippen LogP contribution in [0.3, 0.4) is 0 Å². The molecule has 1 aliphatic heterocycles. The van der Waals surface area contributed by atoms with Crippen molar-refractivity contribution in [2.45, 2.75) is 25.5 Å². The molecule has 0 radical (unpaired) electrons. The third-order valence-corrected chi connectivity index (χ3v) is 4.75.